The lowest BCUT2D eigenvalue weighted by molar-refractivity contribution is 0.365. The van der Waals surface area contributed by atoms with Crippen molar-refractivity contribution in [3.05, 3.63) is 69.6 Å². The summed E-state index contributed by atoms with van der Waals surface area (Å²) in [6, 6.07) is 12.6. The van der Waals surface area contributed by atoms with Gasteiger partial charge in [-0.05, 0) is 49.9 Å². The molecule has 3 rings (SSSR count). The molecule has 1 fully saturated rings. The third-order valence-corrected chi connectivity index (χ3v) is 4.66. The first-order valence-corrected chi connectivity index (χ1v) is 8.89. The van der Waals surface area contributed by atoms with Crippen LogP contribution < -0.4 is 10.9 Å². The van der Waals surface area contributed by atoms with Crippen LogP contribution in [0.1, 0.15) is 42.4 Å². The first-order chi connectivity index (χ1) is 11.7. The normalized spacial score (nSPS) is 18.1. The van der Waals surface area contributed by atoms with Crippen LogP contribution >= 0.6 is 0 Å². The van der Waals surface area contributed by atoms with Crippen molar-refractivity contribution in [3.8, 4) is 0 Å². The standard InChI is InChI=1S/C21H26N2O/c1-17-5-4-6-18(15-17)8-9-19-10-13-23(21(24)16-19)14-11-20-7-2-3-12-22-20/h4-6,8-10,13,15-16,20,22H,2-3,7,11-12,14H2,1H3/b9-8+. The Labute approximate surface area is 144 Å². The van der Waals surface area contributed by atoms with Crippen molar-refractivity contribution in [1.82, 2.24) is 9.88 Å². The quantitative estimate of drug-likeness (QED) is 0.907. The summed E-state index contributed by atoms with van der Waals surface area (Å²) < 4.78 is 1.82. The average Bonchev–Trinajstić information content (AvgIpc) is 2.60. The molecule has 0 amide bonds. The first kappa shape index (κ1) is 16.7. The number of aryl methyl sites for hydroxylation is 2. The van der Waals surface area contributed by atoms with Crippen molar-refractivity contribution < 1.29 is 0 Å². The maximum Gasteiger partial charge on any atom is 0.251 e. The van der Waals surface area contributed by atoms with Crippen LogP contribution in [0.25, 0.3) is 12.2 Å². The lowest BCUT2D eigenvalue weighted by atomic mass is 10.0. The number of hydrogen-bond acceptors (Lipinski definition) is 2. The van der Waals surface area contributed by atoms with E-state index < -0.39 is 0 Å². The molecule has 1 aromatic carbocycles. The second-order valence-electron chi connectivity index (χ2n) is 6.67. The maximum absolute atomic E-state index is 12.3. The smallest absolute Gasteiger partial charge is 0.251 e. The number of piperidine rings is 1. The Morgan fingerprint density at radius 1 is 1.17 bits per heavy atom. The van der Waals surface area contributed by atoms with E-state index in [1.54, 1.807) is 6.07 Å². The highest BCUT2D eigenvalue weighted by Gasteiger charge is 2.12. The first-order valence-electron chi connectivity index (χ1n) is 8.89. The van der Waals surface area contributed by atoms with Gasteiger partial charge in [0.15, 0.2) is 0 Å². The summed E-state index contributed by atoms with van der Waals surface area (Å²) in [6.45, 7) is 3.99. The van der Waals surface area contributed by atoms with Crippen molar-refractivity contribution in [2.45, 2.75) is 45.2 Å². The van der Waals surface area contributed by atoms with Gasteiger partial charge in [0, 0.05) is 24.8 Å². The molecule has 0 spiro atoms. The Hall–Kier alpha value is -2.13. The van der Waals surface area contributed by atoms with Gasteiger partial charge in [-0.2, -0.15) is 0 Å². The fraction of sp³-hybridized carbons (Fsp3) is 0.381. The van der Waals surface area contributed by atoms with E-state index in [1.807, 2.05) is 29.0 Å². The molecule has 0 bridgehead atoms. The monoisotopic (exact) mass is 322 g/mol. The number of pyridine rings is 1. The van der Waals surface area contributed by atoms with Crippen LogP contribution in [0.2, 0.25) is 0 Å². The summed E-state index contributed by atoms with van der Waals surface area (Å²) in [5.41, 5.74) is 3.43. The average molecular weight is 322 g/mol. The second kappa shape index (κ2) is 8.11. The van der Waals surface area contributed by atoms with Crippen LogP contribution in [0, 0.1) is 6.92 Å². The van der Waals surface area contributed by atoms with Crippen LogP contribution in [0.4, 0.5) is 0 Å². The molecule has 1 atom stereocenters. The zero-order valence-corrected chi connectivity index (χ0v) is 14.4. The number of rotatable bonds is 5. The van der Waals surface area contributed by atoms with Gasteiger partial charge in [0.2, 0.25) is 0 Å². The fourth-order valence-electron chi connectivity index (χ4n) is 3.24. The molecule has 0 saturated carbocycles. The van der Waals surface area contributed by atoms with Gasteiger partial charge in [-0.1, -0.05) is 48.4 Å². The molecule has 2 aromatic rings. The fourth-order valence-corrected chi connectivity index (χ4v) is 3.24. The number of aromatic nitrogens is 1. The van der Waals surface area contributed by atoms with Gasteiger partial charge in [-0.3, -0.25) is 4.79 Å². The molecule has 2 heterocycles. The molecule has 1 aromatic heterocycles. The molecule has 1 aliphatic heterocycles. The van der Waals surface area contributed by atoms with Crippen molar-refractivity contribution in [2.24, 2.45) is 0 Å². The van der Waals surface area contributed by atoms with E-state index in [9.17, 15) is 4.79 Å². The minimum Gasteiger partial charge on any atom is -0.315 e. The van der Waals surface area contributed by atoms with E-state index in [1.165, 1.54) is 24.8 Å². The van der Waals surface area contributed by atoms with E-state index in [4.69, 9.17) is 0 Å². The minimum atomic E-state index is 0.0807. The Morgan fingerprint density at radius 3 is 2.71 bits per heavy atom. The molecule has 3 nitrogen and oxygen atoms in total. The van der Waals surface area contributed by atoms with E-state index in [-0.39, 0.29) is 5.56 Å². The molecule has 1 N–H and O–H groups in total. The lowest BCUT2D eigenvalue weighted by Crippen LogP contribution is -2.35. The highest BCUT2D eigenvalue weighted by Crippen LogP contribution is 2.11. The highest BCUT2D eigenvalue weighted by atomic mass is 16.1. The highest BCUT2D eigenvalue weighted by molar-refractivity contribution is 5.69. The number of nitrogens with zero attached hydrogens (tertiary/aromatic N) is 1. The van der Waals surface area contributed by atoms with Gasteiger partial charge < -0.3 is 9.88 Å². The number of hydrogen-bond donors (Lipinski definition) is 1. The Morgan fingerprint density at radius 2 is 2.00 bits per heavy atom. The van der Waals surface area contributed by atoms with Gasteiger partial charge in [0.25, 0.3) is 5.56 Å². The van der Waals surface area contributed by atoms with Crippen molar-refractivity contribution in [2.75, 3.05) is 6.54 Å². The molecule has 126 valence electrons. The molecule has 1 aliphatic rings. The predicted molar refractivity (Wildman–Crippen MR) is 101 cm³/mol. The van der Waals surface area contributed by atoms with Crippen LogP contribution in [0.3, 0.4) is 0 Å². The SMILES string of the molecule is Cc1cccc(/C=C/c2ccn(CCC3CCCCN3)c(=O)c2)c1. The molecule has 0 radical (unpaired) electrons. The van der Waals surface area contributed by atoms with Crippen molar-refractivity contribution in [3.63, 3.8) is 0 Å². The van der Waals surface area contributed by atoms with E-state index in [0.717, 1.165) is 30.6 Å². The molecular formula is C21H26N2O. The summed E-state index contributed by atoms with van der Waals surface area (Å²) in [5.74, 6) is 0. The summed E-state index contributed by atoms with van der Waals surface area (Å²) in [6.07, 6.45) is 10.8. The van der Waals surface area contributed by atoms with Gasteiger partial charge >= 0.3 is 0 Å². The molecule has 0 aliphatic carbocycles. The molecular weight excluding hydrogens is 296 g/mol. The lowest BCUT2D eigenvalue weighted by Gasteiger charge is -2.23. The molecule has 3 heteroatoms. The topological polar surface area (TPSA) is 34.0 Å². The Balaban J connectivity index is 1.62. The number of nitrogens with one attached hydrogen (secondary N) is 1. The van der Waals surface area contributed by atoms with Crippen molar-refractivity contribution >= 4 is 12.2 Å². The van der Waals surface area contributed by atoms with E-state index >= 15 is 0 Å². The van der Waals surface area contributed by atoms with Crippen LogP contribution in [-0.2, 0) is 6.54 Å². The largest absolute Gasteiger partial charge is 0.315 e. The van der Waals surface area contributed by atoms with Gasteiger partial charge in [-0.15, -0.1) is 0 Å². The van der Waals surface area contributed by atoms with Crippen LogP contribution in [0.5, 0.6) is 0 Å². The molecule has 1 unspecified atom stereocenters. The molecule has 24 heavy (non-hydrogen) atoms. The summed E-state index contributed by atoms with van der Waals surface area (Å²) in [7, 11) is 0. The Kier molecular flexibility index (Phi) is 5.65. The summed E-state index contributed by atoms with van der Waals surface area (Å²) in [5, 5.41) is 3.54. The van der Waals surface area contributed by atoms with Gasteiger partial charge in [0.05, 0.1) is 0 Å². The minimum absolute atomic E-state index is 0.0807. The van der Waals surface area contributed by atoms with Crippen LogP contribution in [0.15, 0.2) is 47.4 Å². The van der Waals surface area contributed by atoms with Crippen molar-refractivity contribution in [1.29, 1.82) is 0 Å². The Bertz CT molecular complexity index is 754. The molecule has 1 saturated heterocycles. The number of benzene rings is 1. The predicted octanol–water partition coefficient (Wildman–Crippen LogP) is 3.86. The second-order valence-corrected chi connectivity index (χ2v) is 6.67. The van der Waals surface area contributed by atoms with Gasteiger partial charge in [0.1, 0.15) is 0 Å². The summed E-state index contributed by atoms with van der Waals surface area (Å²) in [4.78, 5) is 12.3. The zero-order chi connectivity index (χ0) is 16.8. The third-order valence-electron chi connectivity index (χ3n) is 4.66. The van der Waals surface area contributed by atoms with E-state index in [2.05, 4.69) is 36.5 Å². The maximum atomic E-state index is 12.3. The van der Waals surface area contributed by atoms with E-state index in [0.29, 0.717) is 6.04 Å². The zero-order valence-electron chi connectivity index (χ0n) is 14.4. The third kappa shape index (κ3) is 4.68. The van der Waals surface area contributed by atoms with Crippen LogP contribution in [-0.4, -0.2) is 17.2 Å². The summed E-state index contributed by atoms with van der Waals surface area (Å²) >= 11 is 0. The van der Waals surface area contributed by atoms with Gasteiger partial charge in [-0.25, -0.2) is 0 Å².